The van der Waals surface area contributed by atoms with E-state index in [9.17, 15) is 27.1 Å². The van der Waals surface area contributed by atoms with E-state index in [1.165, 1.54) is 12.1 Å². The highest BCUT2D eigenvalue weighted by Crippen LogP contribution is 2.39. The molecular weight excluding hydrogens is 460 g/mol. The first-order chi connectivity index (χ1) is 15.0. The first-order valence-electron chi connectivity index (χ1n) is 9.50. The molecule has 1 amide bonds. The molecular formula is C21H21F2N3O4S2. The summed E-state index contributed by atoms with van der Waals surface area (Å²) in [5, 5.41) is 12.9. The lowest BCUT2D eigenvalue weighted by Gasteiger charge is -2.11. The minimum atomic E-state index is -3.30. The zero-order chi connectivity index (χ0) is 23.6. The standard InChI is InChI=1S/C21H21F2N3O4S2/c1-3-16(27)11-7-14(22)19(15(23)8-11)17-9-13(20(24)28)21(31-17)26-18-6-4-5-12(25-18)10-32(2,29)30/h4-9,16,27H,3,10H2,1-2H3,(H2,24,28)(H,25,26). The van der Waals surface area contributed by atoms with Gasteiger partial charge < -0.3 is 16.2 Å². The van der Waals surface area contributed by atoms with Crippen LogP contribution in [0.4, 0.5) is 19.6 Å². The van der Waals surface area contributed by atoms with E-state index in [0.717, 1.165) is 29.7 Å². The second kappa shape index (κ2) is 9.31. The third-order valence-corrected chi connectivity index (χ3v) is 6.43. The second-order valence-electron chi connectivity index (χ2n) is 7.21. The minimum absolute atomic E-state index is 0.00298. The van der Waals surface area contributed by atoms with Gasteiger partial charge in [0, 0.05) is 11.1 Å². The molecule has 0 aliphatic heterocycles. The molecule has 170 valence electrons. The maximum absolute atomic E-state index is 14.7. The Labute approximate surface area is 187 Å². The van der Waals surface area contributed by atoms with Gasteiger partial charge >= 0.3 is 0 Å². The zero-order valence-electron chi connectivity index (χ0n) is 17.2. The molecule has 0 bridgehead atoms. The van der Waals surface area contributed by atoms with Crippen molar-refractivity contribution in [2.45, 2.75) is 25.2 Å². The van der Waals surface area contributed by atoms with Crippen molar-refractivity contribution < 1.29 is 27.1 Å². The molecule has 7 nitrogen and oxygen atoms in total. The molecule has 0 saturated carbocycles. The minimum Gasteiger partial charge on any atom is -0.388 e. The van der Waals surface area contributed by atoms with Crippen LogP contribution in [0, 0.1) is 11.6 Å². The van der Waals surface area contributed by atoms with Crippen LogP contribution in [0.2, 0.25) is 0 Å². The lowest BCUT2D eigenvalue weighted by molar-refractivity contribution is 0.100. The number of pyridine rings is 1. The number of hydrogen-bond acceptors (Lipinski definition) is 7. The van der Waals surface area contributed by atoms with Crippen molar-refractivity contribution in [2.75, 3.05) is 11.6 Å². The number of rotatable bonds is 8. The Bertz CT molecular complexity index is 1250. The fourth-order valence-corrected chi connectivity index (χ4v) is 4.88. The molecule has 3 aromatic rings. The Balaban J connectivity index is 2.01. The third-order valence-electron chi connectivity index (χ3n) is 4.54. The molecule has 11 heteroatoms. The summed E-state index contributed by atoms with van der Waals surface area (Å²) >= 11 is 0.890. The molecule has 3 rings (SSSR count). The summed E-state index contributed by atoms with van der Waals surface area (Å²) in [7, 11) is -3.30. The van der Waals surface area contributed by atoms with Crippen LogP contribution in [0.3, 0.4) is 0 Å². The van der Waals surface area contributed by atoms with Crippen LogP contribution in [0.15, 0.2) is 36.4 Å². The largest absolute Gasteiger partial charge is 0.388 e. The number of halogens is 2. The van der Waals surface area contributed by atoms with Crippen molar-refractivity contribution in [3.8, 4) is 10.4 Å². The molecule has 1 unspecified atom stereocenters. The number of nitrogens with two attached hydrogens (primary N) is 1. The fraction of sp³-hybridized carbons (Fsp3) is 0.238. The number of sulfone groups is 1. The van der Waals surface area contributed by atoms with Gasteiger partial charge in [-0.2, -0.15) is 0 Å². The number of nitrogens with one attached hydrogen (secondary N) is 1. The summed E-state index contributed by atoms with van der Waals surface area (Å²) in [6.07, 6.45) is 0.377. The van der Waals surface area contributed by atoms with E-state index in [4.69, 9.17) is 5.73 Å². The monoisotopic (exact) mass is 481 g/mol. The summed E-state index contributed by atoms with van der Waals surface area (Å²) in [5.74, 6) is -2.62. The van der Waals surface area contributed by atoms with Crippen LogP contribution in [0.1, 0.15) is 41.1 Å². The Morgan fingerprint density at radius 2 is 1.91 bits per heavy atom. The zero-order valence-corrected chi connectivity index (χ0v) is 18.9. The number of thiophene rings is 1. The van der Waals surface area contributed by atoms with E-state index in [0.29, 0.717) is 6.42 Å². The van der Waals surface area contributed by atoms with Crippen molar-refractivity contribution in [1.29, 1.82) is 0 Å². The van der Waals surface area contributed by atoms with Crippen molar-refractivity contribution >= 4 is 37.9 Å². The van der Waals surface area contributed by atoms with Gasteiger partial charge in [0.15, 0.2) is 9.84 Å². The van der Waals surface area contributed by atoms with E-state index in [1.807, 2.05) is 0 Å². The number of benzene rings is 1. The molecule has 4 N–H and O–H groups in total. The Morgan fingerprint density at radius 1 is 1.25 bits per heavy atom. The highest BCUT2D eigenvalue weighted by Gasteiger charge is 2.22. The van der Waals surface area contributed by atoms with Gasteiger partial charge in [-0.25, -0.2) is 22.2 Å². The lowest BCUT2D eigenvalue weighted by Crippen LogP contribution is -2.11. The first kappa shape index (κ1) is 23.8. The molecule has 0 aliphatic rings. The molecule has 2 heterocycles. The van der Waals surface area contributed by atoms with Crippen LogP contribution < -0.4 is 11.1 Å². The normalized spacial score (nSPS) is 12.5. The highest BCUT2D eigenvalue weighted by atomic mass is 32.2. The number of aliphatic hydroxyl groups excluding tert-OH is 1. The quantitative estimate of drug-likeness (QED) is 0.448. The molecule has 1 aromatic carbocycles. The molecule has 0 fully saturated rings. The summed E-state index contributed by atoms with van der Waals surface area (Å²) < 4.78 is 52.5. The molecule has 0 aliphatic carbocycles. The van der Waals surface area contributed by atoms with Crippen molar-refractivity contribution in [1.82, 2.24) is 4.98 Å². The summed E-state index contributed by atoms with van der Waals surface area (Å²) in [6, 6.07) is 8.06. The maximum atomic E-state index is 14.7. The number of aliphatic hydroxyl groups is 1. The predicted octanol–water partition coefficient (Wildman–Crippen LogP) is 3.92. The van der Waals surface area contributed by atoms with Crippen molar-refractivity contribution in [2.24, 2.45) is 5.73 Å². The molecule has 2 aromatic heterocycles. The second-order valence-corrected chi connectivity index (χ2v) is 10.4. The van der Waals surface area contributed by atoms with Gasteiger partial charge in [0.25, 0.3) is 5.91 Å². The Hall–Kier alpha value is -2.89. The van der Waals surface area contributed by atoms with Crippen LogP contribution in [0.5, 0.6) is 0 Å². The number of nitrogens with zero attached hydrogens (tertiary/aromatic N) is 1. The van der Waals surface area contributed by atoms with Crippen molar-refractivity contribution in [3.05, 3.63) is 64.9 Å². The molecule has 1 atom stereocenters. The van der Waals surface area contributed by atoms with Crippen LogP contribution in [0.25, 0.3) is 10.4 Å². The lowest BCUT2D eigenvalue weighted by atomic mass is 10.0. The Morgan fingerprint density at radius 3 is 2.47 bits per heavy atom. The van der Waals surface area contributed by atoms with Crippen LogP contribution in [-0.4, -0.2) is 30.7 Å². The fourth-order valence-electron chi connectivity index (χ4n) is 3.06. The smallest absolute Gasteiger partial charge is 0.251 e. The topological polar surface area (TPSA) is 122 Å². The van der Waals surface area contributed by atoms with Crippen LogP contribution in [-0.2, 0) is 15.6 Å². The van der Waals surface area contributed by atoms with Gasteiger partial charge in [0.1, 0.15) is 22.5 Å². The van der Waals surface area contributed by atoms with Crippen molar-refractivity contribution in [3.63, 3.8) is 0 Å². The van der Waals surface area contributed by atoms with E-state index in [-0.39, 0.29) is 43.8 Å². The number of hydrogen-bond donors (Lipinski definition) is 3. The average molecular weight is 482 g/mol. The molecule has 32 heavy (non-hydrogen) atoms. The Kier molecular flexibility index (Phi) is 6.91. The van der Waals surface area contributed by atoms with E-state index < -0.39 is 33.5 Å². The van der Waals surface area contributed by atoms with E-state index in [1.54, 1.807) is 19.1 Å². The predicted molar refractivity (Wildman–Crippen MR) is 120 cm³/mol. The van der Waals surface area contributed by atoms with Gasteiger partial charge in [0.05, 0.1) is 28.7 Å². The van der Waals surface area contributed by atoms with Gasteiger partial charge in [-0.15, -0.1) is 11.3 Å². The number of carbonyl (C=O) groups excluding carboxylic acids is 1. The third kappa shape index (κ3) is 5.47. The summed E-state index contributed by atoms with van der Waals surface area (Å²) in [6.45, 7) is 1.68. The summed E-state index contributed by atoms with van der Waals surface area (Å²) in [5.41, 5.74) is 5.49. The molecule has 0 spiro atoms. The van der Waals surface area contributed by atoms with Gasteiger partial charge in [0.2, 0.25) is 0 Å². The average Bonchev–Trinajstić information content (AvgIpc) is 3.09. The number of amides is 1. The maximum Gasteiger partial charge on any atom is 0.251 e. The highest BCUT2D eigenvalue weighted by molar-refractivity contribution is 7.89. The molecule has 0 radical (unpaired) electrons. The van der Waals surface area contributed by atoms with Gasteiger partial charge in [-0.05, 0) is 42.3 Å². The number of primary amides is 1. The number of aromatic nitrogens is 1. The van der Waals surface area contributed by atoms with E-state index >= 15 is 0 Å². The number of carbonyl (C=O) groups is 1. The van der Waals surface area contributed by atoms with E-state index in [2.05, 4.69) is 10.3 Å². The number of anilines is 2. The summed E-state index contributed by atoms with van der Waals surface area (Å²) in [4.78, 5) is 16.2. The van der Waals surface area contributed by atoms with Gasteiger partial charge in [-0.1, -0.05) is 13.0 Å². The SMILES string of the molecule is CCC(O)c1cc(F)c(-c2cc(C(N)=O)c(Nc3cccc(CS(C)(=O)=O)n3)s2)c(F)c1. The van der Waals surface area contributed by atoms with Crippen LogP contribution >= 0.6 is 11.3 Å². The van der Waals surface area contributed by atoms with Gasteiger partial charge in [-0.3, -0.25) is 4.79 Å². The first-order valence-corrected chi connectivity index (χ1v) is 12.4. The molecule has 0 saturated heterocycles.